The average Bonchev–Trinajstić information content (AvgIpc) is 3.18. The molecule has 5 rings (SSSR count). The summed E-state index contributed by atoms with van der Waals surface area (Å²) in [5, 5.41) is 8.58. The van der Waals surface area contributed by atoms with E-state index < -0.39 is 0 Å². The monoisotopic (exact) mass is 388 g/mol. The van der Waals surface area contributed by atoms with Crippen LogP contribution in [0.4, 0.5) is 0 Å². The Hall–Kier alpha value is -3.52. The molecule has 8 nitrogen and oxygen atoms in total. The predicted octanol–water partition coefficient (Wildman–Crippen LogP) is 1.76. The summed E-state index contributed by atoms with van der Waals surface area (Å²) in [4.78, 5) is 36.6. The predicted molar refractivity (Wildman–Crippen MR) is 110 cm³/mol. The molecule has 1 saturated heterocycles. The first-order valence-electron chi connectivity index (χ1n) is 9.62. The van der Waals surface area contributed by atoms with E-state index in [1.165, 1.54) is 0 Å². The van der Waals surface area contributed by atoms with E-state index in [1.54, 1.807) is 6.07 Å². The standard InChI is InChI=1S/C21H20N6O2/c28-20-15-6-2-3-7-16(15)22-18(23-20)13-26-9-11-27(12-10-26)21(29)19-14-5-1-4-8-17(14)24-25-19/h1-8H,9-13H2,(H,24,25)(H,22,23,28). The van der Waals surface area contributed by atoms with E-state index in [4.69, 9.17) is 0 Å². The second-order valence-corrected chi connectivity index (χ2v) is 7.22. The number of aromatic amines is 2. The summed E-state index contributed by atoms with van der Waals surface area (Å²) >= 11 is 0. The number of H-pyrrole nitrogens is 2. The van der Waals surface area contributed by atoms with E-state index in [-0.39, 0.29) is 11.5 Å². The van der Waals surface area contributed by atoms with Gasteiger partial charge in [0, 0.05) is 31.6 Å². The van der Waals surface area contributed by atoms with Gasteiger partial charge in [-0.1, -0.05) is 30.3 Å². The molecule has 0 atom stereocenters. The number of carbonyl (C=O) groups is 1. The zero-order chi connectivity index (χ0) is 19.8. The van der Waals surface area contributed by atoms with Crippen molar-refractivity contribution in [2.45, 2.75) is 6.54 Å². The number of hydrogen-bond acceptors (Lipinski definition) is 5. The van der Waals surface area contributed by atoms with Crippen LogP contribution in [0, 0.1) is 0 Å². The summed E-state index contributed by atoms with van der Waals surface area (Å²) in [5.74, 6) is 0.589. The summed E-state index contributed by atoms with van der Waals surface area (Å²) in [6.45, 7) is 3.19. The van der Waals surface area contributed by atoms with Crippen LogP contribution in [-0.4, -0.2) is 62.1 Å². The third-order valence-electron chi connectivity index (χ3n) is 5.37. The van der Waals surface area contributed by atoms with Crippen LogP contribution in [0.3, 0.4) is 0 Å². The molecule has 3 heterocycles. The minimum atomic E-state index is -0.121. The Labute approximate surface area is 166 Å². The molecule has 0 bridgehead atoms. The number of aromatic nitrogens is 4. The van der Waals surface area contributed by atoms with Gasteiger partial charge in [0.15, 0.2) is 5.69 Å². The molecule has 0 saturated carbocycles. The number of amides is 1. The Bertz CT molecular complexity index is 1250. The third-order valence-corrected chi connectivity index (χ3v) is 5.37. The maximum atomic E-state index is 12.9. The minimum absolute atomic E-state index is 0.0562. The lowest BCUT2D eigenvalue weighted by molar-refractivity contribution is 0.0621. The normalized spacial score (nSPS) is 15.2. The second-order valence-electron chi connectivity index (χ2n) is 7.22. The lowest BCUT2D eigenvalue weighted by atomic mass is 10.2. The zero-order valence-corrected chi connectivity index (χ0v) is 15.8. The third kappa shape index (κ3) is 3.27. The van der Waals surface area contributed by atoms with Crippen molar-refractivity contribution in [1.29, 1.82) is 0 Å². The number of hydrogen-bond donors (Lipinski definition) is 2. The van der Waals surface area contributed by atoms with Gasteiger partial charge in [-0.15, -0.1) is 0 Å². The van der Waals surface area contributed by atoms with Gasteiger partial charge >= 0.3 is 0 Å². The number of rotatable bonds is 3. The van der Waals surface area contributed by atoms with Crippen molar-refractivity contribution in [3.8, 4) is 0 Å². The second kappa shape index (κ2) is 7.14. The maximum Gasteiger partial charge on any atom is 0.275 e. The van der Waals surface area contributed by atoms with Gasteiger partial charge in [-0.3, -0.25) is 19.6 Å². The molecule has 1 aliphatic rings. The first-order valence-corrected chi connectivity index (χ1v) is 9.62. The first kappa shape index (κ1) is 17.6. The number of nitrogens with zero attached hydrogens (tertiary/aromatic N) is 4. The summed E-state index contributed by atoms with van der Waals surface area (Å²) in [5.41, 5.74) is 1.91. The fourth-order valence-electron chi connectivity index (χ4n) is 3.81. The molecule has 4 aromatic rings. The van der Waals surface area contributed by atoms with E-state index >= 15 is 0 Å². The van der Waals surface area contributed by atoms with Crippen molar-refractivity contribution in [2.75, 3.05) is 26.2 Å². The summed E-state index contributed by atoms with van der Waals surface area (Å²) in [6, 6.07) is 15.0. The van der Waals surface area contributed by atoms with E-state index in [2.05, 4.69) is 25.1 Å². The molecule has 2 aromatic carbocycles. The molecule has 29 heavy (non-hydrogen) atoms. The van der Waals surface area contributed by atoms with E-state index in [0.29, 0.717) is 55.1 Å². The topological polar surface area (TPSA) is 98.0 Å². The Kier molecular flexibility index (Phi) is 4.33. The molecule has 1 aliphatic heterocycles. The highest BCUT2D eigenvalue weighted by Gasteiger charge is 2.25. The number of para-hydroxylation sites is 2. The van der Waals surface area contributed by atoms with Crippen LogP contribution >= 0.6 is 0 Å². The number of piperazine rings is 1. The Morgan fingerprint density at radius 1 is 0.966 bits per heavy atom. The molecule has 2 aromatic heterocycles. The quantitative estimate of drug-likeness (QED) is 0.557. The highest BCUT2D eigenvalue weighted by Crippen LogP contribution is 2.18. The number of carbonyl (C=O) groups excluding carboxylic acids is 1. The molecule has 0 radical (unpaired) electrons. The van der Waals surface area contributed by atoms with Gasteiger partial charge in [0.25, 0.3) is 11.5 Å². The van der Waals surface area contributed by atoms with Crippen molar-refractivity contribution in [1.82, 2.24) is 30.0 Å². The Balaban J connectivity index is 1.27. The average molecular weight is 388 g/mol. The Morgan fingerprint density at radius 2 is 1.69 bits per heavy atom. The fraction of sp³-hybridized carbons (Fsp3) is 0.238. The van der Waals surface area contributed by atoms with Crippen LogP contribution in [0.2, 0.25) is 0 Å². The highest BCUT2D eigenvalue weighted by molar-refractivity contribution is 6.04. The van der Waals surface area contributed by atoms with Crippen LogP contribution in [-0.2, 0) is 6.54 Å². The number of fused-ring (bicyclic) bond motifs is 2. The Morgan fingerprint density at radius 3 is 2.52 bits per heavy atom. The molecule has 1 fully saturated rings. The van der Waals surface area contributed by atoms with Gasteiger partial charge in [0.2, 0.25) is 0 Å². The van der Waals surface area contributed by atoms with Gasteiger partial charge < -0.3 is 9.88 Å². The van der Waals surface area contributed by atoms with Gasteiger partial charge in [0.05, 0.1) is 23.0 Å². The van der Waals surface area contributed by atoms with Crippen LogP contribution < -0.4 is 5.56 Å². The van der Waals surface area contributed by atoms with E-state index in [0.717, 1.165) is 10.9 Å². The summed E-state index contributed by atoms with van der Waals surface area (Å²) in [6.07, 6.45) is 0. The van der Waals surface area contributed by atoms with Crippen molar-refractivity contribution in [3.63, 3.8) is 0 Å². The molecular formula is C21H20N6O2. The molecule has 0 aliphatic carbocycles. The lowest BCUT2D eigenvalue weighted by Crippen LogP contribution is -2.48. The van der Waals surface area contributed by atoms with Crippen LogP contribution in [0.1, 0.15) is 16.3 Å². The largest absolute Gasteiger partial charge is 0.335 e. The van der Waals surface area contributed by atoms with Crippen molar-refractivity contribution in [2.24, 2.45) is 0 Å². The van der Waals surface area contributed by atoms with Crippen LogP contribution in [0.5, 0.6) is 0 Å². The molecule has 1 amide bonds. The van der Waals surface area contributed by atoms with Gasteiger partial charge in [-0.05, 0) is 18.2 Å². The maximum absolute atomic E-state index is 12.9. The van der Waals surface area contributed by atoms with Crippen molar-refractivity contribution >= 4 is 27.7 Å². The molecular weight excluding hydrogens is 368 g/mol. The van der Waals surface area contributed by atoms with Crippen LogP contribution in [0.25, 0.3) is 21.8 Å². The summed E-state index contributed by atoms with van der Waals surface area (Å²) < 4.78 is 0. The highest BCUT2D eigenvalue weighted by atomic mass is 16.2. The molecule has 0 unspecified atom stereocenters. The van der Waals surface area contributed by atoms with Crippen molar-refractivity contribution in [3.05, 3.63) is 70.4 Å². The first-order chi connectivity index (χ1) is 14.2. The number of benzene rings is 2. The molecule has 8 heteroatoms. The fourth-order valence-corrected chi connectivity index (χ4v) is 3.81. The van der Waals surface area contributed by atoms with Gasteiger partial charge in [0.1, 0.15) is 5.82 Å². The van der Waals surface area contributed by atoms with Gasteiger partial charge in [-0.2, -0.15) is 5.10 Å². The van der Waals surface area contributed by atoms with Gasteiger partial charge in [-0.25, -0.2) is 4.98 Å². The minimum Gasteiger partial charge on any atom is -0.335 e. The summed E-state index contributed by atoms with van der Waals surface area (Å²) in [7, 11) is 0. The van der Waals surface area contributed by atoms with E-state index in [9.17, 15) is 9.59 Å². The smallest absolute Gasteiger partial charge is 0.275 e. The number of nitrogens with one attached hydrogen (secondary N) is 2. The zero-order valence-electron chi connectivity index (χ0n) is 15.8. The molecule has 146 valence electrons. The van der Waals surface area contributed by atoms with Crippen molar-refractivity contribution < 1.29 is 4.79 Å². The van der Waals surface area contributed by atoms with E-state index in [1.807, 2.05) is 47.4 Å². The van der Waals surface area contributed by atoms with Crippen LogP contribution in [0.15, 0.2) is 53.3 Å². The molecule has 2 N–H and O–H groups in total. The lowest BCUT2D eigenvalue weighted by Gasteiger charge is -2.34. The SMILES string of the molecule is O=C(c1n[nH]c2ccccc12)N1CCN(Cc2nc3ccccc3c(=O)[nH]2)CC1. The molecule has 0 spiro atoms.